The number of carbonyl (C=O) groups is 1. The summed E-state index contributed by atoms with van der Waals surface area (Å²) in [7, 11) is 4.89. The molecule has 0 unspecified atom stereocenters. The van der Waals surface area contributed by atoms with E-state index in [-0.39, 0.29) is 17.3 Å². The Hall–Kier alpha value is -2.77. The quantitative estimate of drug-likeness (QED) is 0.545. The van der Waals surface area contributed by atoms with Crippen molar-refractivity contribution in [2.24, 2.45) is 0 Å². The Morgan fingerprint density at radius 3 is 2.63 bits per heavy atom. The van der Waals surface area contributed by atoms with Crippen molar-refractivity contribution in [2.45, 2.75) is 20.0 Å². The Kier molecular flexibility index (Phi) is 6.84. The van der Waals surface area contributed by atoms with Gasteiger partial charge in [-0.05, 0) is 42.8 Å². The van der Waals surface area contributed by atoms with E-state index in [4.69, 9.17) is 21.1 Å². The zero-order valence-electron chi connectivity index (χ0n) is 17.3. The average Bonchev–Trinajstić information content (AvgIpc) is 3.01. The molecule has 0 atom stereocenters. The van der Waals surface area contributed by atoms with E-state index in [1.165, 1.54) is 0 Å². The van der Waals surface area contributed by atoms with Crippen molar-refractivity contribution in [2.75, 3.05) is 21.3 Å². The third-order valence-electron chi connectivity index (χ3n) is 4.81. The second-order valence-electron chi connectivity index (χ2n) is 6.84. The summed E-state index contributed by atoms with van der Waals surface area (Å²) in [5.74, 6) is 1.17. The molecule has 3 rings (SSSR count). The number of hydrogen-bond donors (Lipinski definition) is 0. The SMILES string of the molecule is COc1cccc(CN(C)C(=O)c2sc(=O)n(Cc3cc(Cl)ccc3OC)c2C)c1. The van der Waals surface area contributed by atoms with Gasteiger partial charge in [-0.2, -0.15) is 0 Å². The normalized spacial score (nSPS) is 10.7. The van der Waals surface area contributed by atoms with Gasteiger partial charge < -0.3 is 14.4 Å². The molecule has 0 aliphatic heterocycles. The first-order valence-corrected chi connectivity index (χ1v) is 10.4. The lowest BCUT2D eigenvalue weighted by Gasteiger charge is -2.17. The zero-order chi connectivity index (χ0) is 21.8. The van der Waals surface area contributed by atoms with Crippen LogP contribution in [-0.4, -0.2) is 36.6 Å². The number of nitrogens with zero attached hydrogens (tertiary/aromatic N) is 2. The van der Waals surface area contributed by atoms with Crippen molar-refractivity contribution in [3.05, 3.63) is 78.9 Å². The van der Waals surface area contributed by atoms with Crippen LogP contribution in [0.1, 0.15) is 26.5 Å². The van der Waals surface area contributed by atoms with Crippen molar-refractivity contribution < 1.29 is 14.3 Å². The van der Waals surface area contributed by atoms with Crippen molar-refractivity contribution in [1.29, 1.82) is 0 Å². The Bertz CT molecular complexity index is 1120. The smallest absolute Gasteiger partial charge is 0.308 e. The third-order valence-corrected chi connectivity index (χ3v) is 6.11. The van der Waals surface area contributed by atoms with Gasteiger partial charge >= 0.3 is 4.87 Å². The Balaban J connectivity index is 1.85. The maximum absolute atomic E-state index is 13.0. The minimum Gasteiger partial charge on any atom is -0.497 e. The van der Waals surface area contributed by atoms with Crippen LogP contribution in [0.3, 0.4) is 0 Å². The lowest BCUT2D eigenvalue weighted by Crippen LogP contribution is -2.26. The van der Waals surface area contributed by atoms with Crippen LogP contribution in [0.4, 0.5) is 0 Å². The maximum atomic E-state index is 13.0. The van der Waals surface area contributed by atoms with E-state index in [2.05, 4.69) is 0 Å². The standard InChI is InChI=1S/C22H23ClN2O4S/c1-14-20(21(26)24(2)12-15-6-5-7-18(10-15)28-3)30-22(27)25(14)13-16-11-17(23)8-9-19(16)29-4/h5-11H,12-13H2,1-4H3. The van der Waals surface area contributed by atoms with Gasteiger partial charge in [-0.3, -0.25) is 14.2 Å². The summed E-state index contributed by atoms with van der Waals surface area (Å²) in [5.41, 5.74) is 2.34. The zero-order valence-corrected chi connectivity index (χ0v) is 18.8. The van der Waals surface area contributed by atoms with E-state index in [0.29, 0.717) is 27.9 Å². The van der Waals surface area contributed by atoms with E-state index in [9.17, 15) is 9.59 Å². The molecule has 1 heterocycles. The van der Waals surface area contributed by atoms with Gasteiger partial charge in [-0.15, -0.1) is 0 Å². The highest BCUT2D eigenvalue weighted by Gasteiger charge is 2.22. The lowest BCUT2D eigenvalue weighted by atomic mass is 10.2. The van der Waals surface area contributed by atoms with Crippen molar-refractivity contribution in [3.8, 4) is 11.5 Å². The second kappa shape index (κ2) is 9.36. The van der Waals surface area contributed by atoms with E-state index in [1.807, 2.05) is 24.3 Å². The molecule has 30 heavy (non-hydrogen) atoms. The van der Waals surface area contributed by atoms with Crippen LogP contribution >= 0.6 is 22.9 Å². The van der Waals surface area contributed by atoms with Gasteiger partial charge in [0.05, 0.1) is 20.8 Å². The summed E-state index contributed by atoms with van der Waals surface area (Å²) in [6, 6.07) is 12.8. The molecular formula is C22H23ClN2O4S. The molecule has 0 radical (unpaired) electrons. The first-order chi connectivity index (χ1) is 14.3. The molecule has 0 aliphatic carbocycles. The van der Waals surface area contributed by atoms with Gasteiger partial charge in [0.2, 0.25) is 0 Å². The summed E-state index contributed by atoms with van der Waals surface area (Å²) >= 11 is 7.06. The fourth-order valence-corrected chi connectivity index (χ4v) is 4.37. The number of carbonyl (C=O) groups excluding carboxylic acids is 1. The molecule has 0 spiro atoms. The number of ether oxygens (including phenoxy) is 2. The van der Waals surface area contributed by atoms with Crippen molar-refractivity contribution in [1.82, 2.24) is 9.47 Å². The number of benzene rings is 2. The molecule has 0 saturated heterocycles. The number of rotatable bonds is 7. The molecule has 0 fully saturated rings. The molecule has 2 aromatic carbocycles. The summed E-state index contributed by atoms with van der Waals surface area (Å²) in [6.45, 7) is 2.46. The molecule has 0 aliphatic rings. The lowest BCUT2D eigenvalue weighted by molar-refractivity contribution is 0.0788. The molecule has 0 N–H and O–H groups in total. The first-order valence-electron chi connectivity index (χ1n) is 9.25. The minimum absolute atomic E-state index is 0.200. The molecule has 158 valence electrons. The van der Waals surface area contributed by atoms with Gasteiger partial charge in [0.25, 0.3) is 5.91 Å². The molecule has 6 nitrogen and oxygen atoms in total. The summed E-state index contributed by atoms with van der Waals surface area (Å²) in [4.78, 5) is 27.5. The topological polar surface area (TPSA) is 60.8 Å². The number of amides is 1. The van der Waals surface area contributed by atoms with Gasteiger partial charge in [-0.1, -0.05) is 35.1 Å². The molecule has 1 amide bonds. The van der Waals surface area contributed by atoms with Gasteiger partial charge in [0.1, 0.15) is 16.4 Å². The summed E-state index contributed by atoms with van der Waals surface area (Å²) < 4.78 is 12.2. The average molecular weight is 447 g/mol. The number of aromatic nitrogens is 1. The van der Waals surface area contributed by atoms with Crippen LogP contribution < -0.4 is 14.3 Å². The third kappa shape index (κ3) is 4.68. The largest absolute Gasteiger partial charge is 0.497 e. The number of hydrogen-bond acceptors (Lipinski definition) is 5. The number of methoxy groups -OCH3 is 2. The van der Waals surface area contributed by atoms with E-state index >= 15 is 0 Å². The Morgan fingerprint density at radius 2 is 1.93 bits per heavy atom. The molecule has 8 heteroatoms. The highest BCUT2D eigenvalue weighted by Crippen LogP contribution is 2.25. The van der Waals surface area contributed by atoms with Crippen LogP contribution in [0.2, 0.25) is 5.02 Å². The second-order valence-corrected chi connectivity index (χ2v) is 8.24. The predicted molar refractivity (Wildman–Crippen MR) is 119 cm³/mol. The maximum Gasteiger partial charge on any atom is 0.308 e. The summed E-state index contributed by atoms with van der Waals surface area (Å²) in [5, 5.41) is 0.557. The molecule has 1 aromatic heterocycles. The molecule has 3 aromatic rings. The molecule has 0 saturated carbocycles. The summed E-state index contributed by atoms with van der Waals surface area (Å²) in [6.07, 6.45) is 0. The Morgan fingerprint density at radius 1 is 1.17 bits per heavy atom. The molecular weight excluding hydrogens is 424 g/mol. The van der Waals surface area contributed by atoms with Crippen LogP contribution in [0.25, 0.3) is 0 Å². The minimum atomic E-state index is -0.201. The predicted octanol–water partition coefficient (Wildman–Crippen LogP) is 4.21. The van der Waals surface area contributed by atoms with E-state index in [0.717, 1.165) is 28.2 Å². The monoisotopic (exact) mass is 446 g/mol. The fraction of sp³-hybridized carbons (Fsp3) is 0.273. The molecule has 0 bridgehead atoms. The van der Waals surface area contributed by atoms with Crippen molar-refractivity contribution in [3.63, 3.8) is 0 Å². The number of thiazole rings is 1. The van der Waals surface area contributed by atoms with Crippen molar-refractivity contribution >= 4 is 28.8 Å². The van der Waals surface area contributed by atoms with Crippen LogP contribution in [0.15, 0.2) is 47.3 Å². The highest BCUT2D eigenvalue weighted by molar-refractivity contribution is 7.11. The van der Waals surface area contributed by atoms with E-state index < -0.39 is 0 Å². The van der Waals surface area contributed by atoms with Crippen LogP contribution in [0.5, 0.6) is 11.5 Å². The van der Waals surface area contributed by atoms with Gasteiger partial charge in [0, 0.05) is 29.9 Å². The van der Waals surface area contributed by atoms with Gasteiger partial charge in [-0.25, -0.2) is 0 Å². The highest BCUT2D eigenvalue weighted by atomic mass is 35.5. The van der Waals surface area contributed by atoms with Gasteiger partial charge in [0.15, 0.2) is 0 Å². The van der Waals surface area contributed by atoms with E-state index in [1.54, 1.807) is 55.9 Å². The fourth-order valence-electron chi connectivity index (χ4n) is 3.19. The first kappa shape index (κ1) is 21.9. The number of halogens is 1. The van der Waals surface area contributed by atoms with Crippen LogP contribution in [0, 0.1) is 6.92 Å². The Labute approximate surface area is 184 Å². The van der Waals surface area contributed by atoms with Crippen LogP contribution in [-0.2, 0) is 13.1 Å².